The first-order chi connectivity index (χ1) is 7.91. The van der Waals surface area contributed by atoms with Crippen molar-refractivity contribution in [3.05, 3.63) is 28.2 Å². The van der Waals surface area contributed by atoms with Crippen LogP contribution in [0.25, 0.3) is 0 Å². The normalized spacial score (nSPS) is 20.8. The van der Waals surface area contributed by atoms with Crippen molar-refractivity contribution in [2.24, 2.45) is 0 Å². The average Bonchev–Trinajstić information content (AvgIpc) is 2.69. The molecule has 1 unspecified atom stereocenters. The number of ketones is 1. The Bertz CT molecular complexity index is 566. The summed E-state index contributed by atoms with van der Waals surface area (Å²) in [4.78, 5) is 11.3. The van der Waals surface area contributed by atoms with Crippen molar-refractivity contribution < 1.29 is 13.2 Å². The highest BCUT2D eigenvalue weighted by atomic mass is 35.5. The van der Waals surface area contributed by atoms with Crippen LogP contribution in [0.4, 0.5) is 0 Å². The first-order valence-corrected chi connectivity index (χ1v) is 7.42. The molecule has 1 aliphatic carbocycles. The van der Waals surface area contributed by atoms with Crippen LogP contribution in [0, 0.1) is 0 Å². The maximum absolute atomic E-state index is 12.2. The van der Waals surface area contributed by atoms with E-state index in [4.69, 9.17) is 23.2 Å². The van der Waals surface area contributed by atoms with Crippen LogP contribution in [-0.2, 0) is 14.6 Å². The summed E-state index contributed by atoms with van der Waals surface area (Å²) < 4.78 is 24.4. The third-order valence-electron chi connectivity index (χ3n) is 2.86. The van der Waals surface area contributed by atoms with Gasteiger partial charge in [0.2, 0.25) is 0 Å². The number of benzene rings is 1. The van der Waals surface area contributed by atoms with Gasteiger partial charge in [-0.25, -0.2) is 8.42 Å². The molecular weight excluding hydrogens is 283 g/mol. The predicted octanol–water partition coefficient (Wildman–Crippen LogP) is 2.89. The van der Waals surface area contributed by atoms with Crippen LogP contribution in [-0.4, -0.2) is 19.5 Å². The van der Waals surface area contributed by atoms with Crippen molar-refractivity contribution in [1.82, 2.24) is 0 Å². The van der Waals surface area contributed by atoms with Crippen molar-refractivity contribution in [3.8, 4) is 0 Å². The van der Waals surface area contributed by atoms with Gasteiger partial charge in [-0.05, 0) is 24.6 Å². The second-order valence-electron chi connectivity index (χ2n) is 4.02. The lowest BCUT2D eigenvalue weighted by atomic mass is 10.3. The quantitative estimate of drug-likeness (QED) is 0.842. The minimum Gasteiger partial charge on any atom is -0.300 e. The predicted molar refractivity (Wildman–Crippen MR) is 66.3 cm³/mol. The van der Waals surface area contributed by atoms with E-state index in [-0.39, 0.29) is 22.1 Å². The lowest BCUT2D eigenvalue weighted by Crippen LogP contribution is -2.18. The monoisotopic (exact) mass is 292 g/mol. The molecule has 1 aromatic carbocycles. The van der Waals surface area contributed by atoms with Crippen LogP contribution < -0.4 is 0 Å². The van der Waals surface area contributed by atoms with Gasteiger partial charge in [0.15, 0.2) is 9.84 Å². The zero-order chi connectivity index (χ0) is 12.6. The molecular formula is C11H10Cl2O3S. The molecule has 2 rings (SSSR count). The summed E-state index contributed by atoms with van der Waals surface area (Å²) in [6, 6.07) is 4.21. The molecule has 0 N–H and O–H groups in total. The van der Waals surface area contributed by atoms with Gasteiger partial charge in [0, 0.05) is 12.8 Å². The summed E-state index contributed by atoms with van der Waals surface area (Å²) in [6.07, 6.45) is 0.829. The Kier molecular flexibility index (Phi) is 3.48. The van der Waals surface area contributed by atoms with E-state index in [0.29, 0.717) is 17.9 Å². The van der Waals surface area contributed by atoms with Crippen LogP contribution in [0.5, 0.6) is 0 Å². The summed E-state index contributed by atoms with van der Waals surface area (Å²) in [5, 5.41) is -0.0996. The Morgan fingerprint density at radius 2 is 1.88 bits per heavy atom. The number of carbonyl (C=O) groups is 1. The zero-order valence-corrected chi connectivity index (χ0v) is 11.1. The van der Waals surface area contributed by atoms with Crippen LogP contribution in [0.2, 0.25) is 10.0 Å². The van der Waals surface area contributed by atoms with Crippen LogP contribution >= 0.6 is 23.2 Å². The maximum Gasteiger partial charge on any atom is 0.181 e. The molecule has 0 amide bonds. The number of rotatable bonds is 2. The van der Waals surface area contributed by atoms with Crippen molar-refractivity contribution in [2.45, 2.75) is 29.4 Å². The van der Waals surface area contributed by atoms with E-state index < -0.39 is 15.1 Å². The Hall–Kier alpha value is -0.580. The lowest BCUT2D eigenvalue weighted by molar-refractivity contribution is -0.117. The number of hydrogen-bond donors (Lipinski definition) is 0. The molecule has 92 valence electrons. The second kappa shape index (κ2) is 4.59. The van der Waals surface area contributed by atoms with Crippen molar-refractivity contribution >= 4 is 38.8 Å². The molecule has 1 aliphatic rings. The maximum atomic E-state index is 12.2. The first-order valence-electron chi connectivity index (χ1n) is 5.12. The molecule has 1 aromatic rings. The molecule has 17 heavy (non-hydrogen) atoms. The van der Waals surface area contributed by atoms with E-state index >= 15 is 0 Å². The first kappa shape index (κ1) is 12.9. The molecule has 1 atom stereocenters. The molecule has 3 nitrogen and oxygen atoms in total. The fraction of sp³-hybridized carbons (Fsp3) is 0.364. The zero-order valence-electron chi connectivity index (χ0n) is 8.82. The summed E-state index contributed by atoms with van der Waals surface area (Å²) in [5.41, 5.74) is 0. The van der Waals surface area contributed by atoms with Gasteiger partial charge in [0.25, 0.3) is 0 Å². The van der Waals surface area contributed by atoms with E-state index in [9.17, 15) is 13.2 Å². The highest BCUT2D eigenvalue weighted by molar-refractivity contribution is 7.92. The molecule has 0 aromatic heterocycles. The van der Waals surface area contributed by atoms with E-state index in [0.717, 1.165) is 0 Å². The third-order valence-corrected chi connectivity index (χ3v) is 5.79. The molecule has 0 radical (unpaired) electrons. The van der Waals surface area contributed by atoms with Gasteiger partial charge in [0.05, 0.1) is 20.2 Å². The minimum atomic E-state index is -3.47. The fourth-order valence-corrected chi connectivity index (χ4v) is 4.01. The number of carbonyl (C=O) groups excluding carboxylic acids is 1. The summed E-state index contributed by atoms with van der Waals surface area (Å²) >= 11 is 11.5. The molecule has 1 fully saturated rings. The molecule has 6 heteroatoms. The van der Waals surface area contributed by atoms with Crippen LogP contribution in [0.3, 0.4) is 0 Å². The molecule has 0 saturated heterocycles. The van der Waals surface area contributed by atoms with E-state index in [1.54, 1.807) is 0 Å². The highest BCUT2D eigenvalue weighted by Crippen LogP contribution is 2.31. The number of halogens is 2. The standard InChI is InChI=1S/C11H10Cl2O3S/c12-10-4-3-9(6-11(10)13)17(15,16)8-2-1-7(14)5-8/h3-4,6,8H,1-2,5H2. The van der Waals surface area contributed by atoms with Crippen molar-refractivity contribution in [2.75, 3.05) is 0 Å². The fourth-order valence-electron chi connectivity index (χ4n) is 1.89. The minimum absolute atomic E-state index is 0.00126. The third kappa shape index (κ3) is 2.49. The second-order valence-corrected chi connectivity index (χ2v) is 7.07. The smallest absolute Gasteiger partial charge is 0.181 e. The summed E-state index contributed by atoms with van der Waals surface area (Å²) in [5.74, 6) is -0.00126. The molecule has 0 aliphatic heterocycles. The number of hydrogen-bond acceptors (Lipinski definition) is 3. The highest BCUT2D eigenvalue weighted by Gasteiger charge is 2.34. The van der Waals surface area contributed by atoms with Gasteiger partial charge in [-0.3, -0.25) is 4.79 Å². The van der Waals surface area contributed by atoms with Gasteiger partial charge in [-0.2, -0.15) is 0 Å². The van der Waals surface area contributed by atoms with Crippen molar-refractivity contribution in [3.63, 3.8) is 0 Å². The van der Waals surface area contributed by atoms with Gasteiger partial charge in [-0.15, -0.1) is 0 Å². The average molecular weight is 293 g/mol. The van der Waals surface area contributed by atoms with E-state index in [1.165, 1.54) is 18.2 Å². The Morgan fingerprint density at radius 1 is 1.18 bits per heavy atom. The summed E-state index contributed by atoms with van der Waals surface area (Å²) in [7, 11) is -3.47. The van der Waals surface area contributed by atoms with E-state index in [1.807, 2.05) is 0 Å². The van der Waals surface area contributed by atoms with Gasteiger partial charge < -0.3 is 0 Å². The molecule has 0 spiro atoms. The summed E-state index contributed by atoms with van der Waals surface area (Å²) in [6.45, 7) is 0. The van der Waals surface area contributed by atoms with Gasteiger partial charge >= 0.3 is 0 Å². The van der Waals surface area contributed by atoms with Crippen LogP contribution in [0.15, 0.2) is 23.1 Å². The molecule has 1 saturated carbocycles. The molecule has 0 heterocycles. The SMILES string of the molecule is O=C1CCC(S(=O)(=O)c2ccc(Cl)c(Cl)c2)C1. The van der Waals surface area contributed by atoms with Crippen molar-refractivity contribution in [1.29, 1.82) is 0 Å². The van der Waals surface area contributed by atoms with Crippen LogP contribution in [0.1, 0.15) is 19.3 Å². The number of Topliss-reactive ketones (excluding diaryl/α,β-unsaturated/α-hetero) is 1. The Balaban J connectivity index is 2.38. The lowest BCUT2D eigenvalue weighted by Gasteiger charge is -2.10. The Morgan fingerprint density at radius 3 is 2.41 bits per heavy atom. The van der Waals surface area contributed by atoms with Gasteiger partial charge in [0.1, 0.15) is 5.78 Å². The number of sulfone groups is 1. The van der Waals surface area contributed by atoms with E-state index in [2.05, 4.69) is 0 Å². The topological polar surface area (TPSA) is 51.2 Å². The van der Waals surface area contributed by atoms with Gasteiger partial charge in [-0.1, -0.05) is 23.2 Å². The molecule has 0 bridgehead atoms. The largest absolute Gasteiger partial charge is 0.300 e. The Labute approximate surface area is 110 Å².